The van der Waals surface area contributed by atoms with Gasteiger partial charge in [-0.1, -0.05) is 23.7 Å². The Hall–Kier alpha value is -2.07. The van der Waals surface area contributed by atoms with Crippen molar-refractivity contribution < 1.29 is 4.79 Å². The van der Waals surface area contributed by atoms with Gasteiger partial charge in [-0.2, -0.15) is 0 Å². The number of H-pyrrole nitrogens is 1. The number of carbonyl (C=O) groups excluding carboxylic acids is 1. The molecule has 5 heteroatoms. The monoisotopic (exact) mass is 276 g/mol. The third kappa shape index (κ3) is 2.85. The van der Waals surface area contributed by atoms with Crippen LogP contribution in [-0.2, 0) is 0 Å². The van der Waals surface area contributed by atoms with E-state index in [0.29, 0.717) is 5.56 Å². The van der Waals surface area contributed by atoms with Crippen molar-refractivity contribution in [1.29, 1.82) is 0 Å². The number of pyridine rings is 1. The van der Waals surface area contributed by atoms with Crippen molar-refractivity contribution in [1.82, 2.24) is 4.98 Å². The third-order valence-electron chi connectivity index (χ3n) is 2.97. The van der Waals surface area contributed by atoms with Crippen molar-refractivity contribution >= 4 is 23.2 Å². The van der Waals surface area contributed by atoms with Crippen LogP contribution in [0.3, 0.4) is 0 Å². The van der Waals surface area contributed by atoms with E-state index >= 15 is 0 Å². The smallest absolute Gasteiger partial charge is 0.266 e. The summed E-state index contributed by atoms with van der Waals surface area (Å²) in [5, 5.41) is 2.79. The summed E-state index contributed by atoms with van der Waals surface area (Å²) in [6.07, 6.45) is 1.34. The van der Waals surface area contributed by atoms with E-state index < -0.39 is 5.56 Å². The van der Waals surface area contributed by atoms with E-state index in [0.717, 1.165) is 16.8 Å². The standard InChI is InChI=1S/C14H13ClN2O2/c1-8-4-3-5-12(9(8)2)17-13(18)10-6-11(15)14(19)16-7-10/h3-7H,1-2H3,(H,16,19)(H,17,18). The van der Waals surface area contributed by atoms with Crippen LogP contribution in [0.25, 0.3) is 0 Å². The van der Waals surface area contributed by atoms with Crippen molar-refractivity contribution in [3.63, 3.8) is 0 Å². The van der Waals surface area contributed by atoms with Crippen molar-refractivity contribution in [2.75, 3.05) is 5.32 Å². The lowest BCUT2D eigenvalue weighted by molar-refractivity contribution is 0.102. The molecular formula is C14H13ClN2O2. The number of carbonyl (C=O) groups is 1. The molecule has 1 amide bonds. The zero-order chi connectivity index (χ0) is 14.0. The molecule has 0 unspecified atom stereocenters. The normalized spacial score (nSPS) is 10.3. The van der Waals surface area contributed by atoms with Gasteiger partial charge < -0.3 is 10.3 Å². The van der Waals surface area contributed by atoms with Gasteiger partial charge in [0, 0.05) is 11.9 Å². The van der Waals surface area contributed by atoms with Gasteiger partial charge in [-0.15, -0.1) is 0 Å². The molecule has 0 atom stereocenters. The number of amides is 1. The fraction of sp³-hybridized carbons (Fsp3) is 0.143. The van der Waals surface area contributed by atoms with Crippen molar-refractivity contribution in [2.45, 2.75) is 13.8 Å². The maximum absolute atomic E-state index is 12.0. The highest BCUT2D eigenvalue weighted by Crippen LogP contribution is 2.18. The first-order valence-corrected chi connectivity index (χ1v) is 6.12. The number of halogens is 1. The highest BCUT2D eigenvalue weighted by atomic mass is 35.5. The second-order valence-corrected chi connectivity index (χ2v) is 4.67. The largest absolute Gasteiger partial charge is 0.327 e. The number of hydrogen-bond donors (Lipinski definition) is 2. The maximum atomic E-state index is 12.0. The number of rotatable bonds is 2. The van der Waals surface area contributed by atoms with Crippen LogP contribution in [0.5, 0.6) is 0 Å². The van der Waals surface area contributed by atoms with E-state index in [1.54, 1.807) is 0 Å². The van der Waals surface area contributed by atoms with E-state index in [1.807, 2.05) is 32.0 Å². The van der Waals surface area contributed by atoms with Gasteiger partial charge in [-0.3, -0.25) is 9.59 Å². The molecule has 0 radical (unpaired) electrons. The van der Waals surface area contributed by atoms with E-state index in [1.165, 1.54) is 12.3 Å². The minimum absolute atomic E-state index is 0.00591. The lowest BCUT2D eigenvalue weighted by Gasteiger charge is -2.10. The summed E-state index contributed by atoms with van der Waals surface area (Å²) in [5.41, 5.74) is 2.74. The molecule has 0 saturated heterocycles. The molecule has 98 valence electrons. The predicted octanol–water partition coefficient (Wildman–Crippen LogP) is 2.90. The minimum Gasteiger partial charge on any atom is -0.327 e. The first-order valence-electron chi connectivity index (χ1n) is 5.75. The zero-order valence-electron chi connectivity index (χ0n) is 10.6. The van der Waals surface area contributed by atoms with Gasteiger partial charge in [0.15, 0.2) is 0 Å². The molecule has 1 aromatic carbocycles. The molecule has 1 heterocycles. The number of anilines is 1. The summed E-state index contributed by atoms with van der Waals surface area (Å²) in [4.78, 5) is 25.6. The Bertz CT molecular complexity index is 692. The molecule has 2 N–H and O–H groups in total. The van der Waals surface area contributed by atoms with Gasteiger partial charge >= 0.3 is 0 Å². The molecule has 0 saturated carbocycles. The molecule has 0 bridgehead atoms. The Balaban J connectivity index is 2.28. The molecular weight excluding hydrogens is 264 g/mol. The zero-order valence-corrected chi connectivity index (χ0v) is 11.3. The molecule has 19 heavy (non-hydrogen) atoms. The molecule has 1 aromatic heterocycles. The highest BCUT2D eigenvalue weighted by molar-refractivity contribution is 6.30. The van der Waals surface area contributed by atoms with Gasteiger partial charge in [0.1, 0.15) is 5.02 Å². The van der Waals surface area contributed by atoms with Gasteiger partial charge in [0.05, 0.1) is 5.56 Å². The second-order valence-electron chi connectivity index (χ2n) is 4.27. The number of aromatic amines is 1. The van der Waals surface area contributed by atoms with Gasteiger partial charge in [-0.05, 0) is 37.1 Å². The number of hydrogen-bond acceptors (Lipinski definition) is 2. The molecule has 2 rings (SSSR count). The van der Waals surface area contributed by atoms with Crippen LogP contribution >= 0.6 is 11.6 Å². The first-order chi connectivity index (χ1) is 8.99. The van der Waals surface area contributed by atoms with Crippen LogP contribution in [0.15, 0.2) is 35.3 Å². The number of aromatic nitrogens is 1. The van der Waals surface area contributed by atoms with Crippen LogP contribution in [0.4, 0.5) is 5.69 Å². The molecule has 2 aromatic rings. The quantitative estimate of drug-likeness (QED) is 0.886. The van der Waals surface area contributed by atoms with Crippen molar-refractivity contribution in [3.05, 3.63) is 62.5 Å². The van der Waals surface area contributed by atoms with Crippen LogP contribution in [0.1, 0.15) is 21.5 Å². The second kappa shape index (κ2) is 5.28. The summed E-state index contributed by atoms with van der Waals surface area (Å²) < 4.78 is 0. The fourth-order valence-corrected chi connectivity index (χ4v) is 1.84. The van der Waals surface area contributed by atoms with Crippen LogP contribution in [0, 0.1) is 13.8 Å². The van der Waals surface area contributed by atoms with Crippen molar-refractivity contribution in [2.24, 2.45) is 0 Å². The Morgan fingerprint density at radius 1 is 1.32 bits per heavy atom. The lowest BCUT2D eigenvalue weighted by atomic mass is 10.1. The Labute approximate surface area is 115 Å². The number of benzene rings is 1. The number of aryl methyl sites for hydroxylation is 1. The Morgan fingerprint density at radius 2 is 2.05 bits per heavy atom. The van der Waals surface area contributed by atoms with Gasteiger partial charge in [-0.25, -0.2) is 0 Å². The Kier molecular flexibility index (Phi) is 3.71. The molecule has 0 aliphatic carbocycles. The molecule has 0 aliphatic rings. The highest BCUT2D eigenvalue weighted by Gasteiger charge is 2.10. The molecule has 0 aliphatic heterocycles. The summed E-state index contributed by atoms with van der Waals surface area (Å²) in [6, 6.07) is 7.02. The van der Waals surface area contributed by atoms with E-state index in [9.17, 15) is 9.59 Å². The maximum Gasteiger partial charge on any atom is 0.266 e. The topological polar surface area (TPSA) is 62.0 Å². The van der Waals surface area contributed by atoms with Gasteiger partial charge in [0.25, 0.3) is 11.5 Å². The van der Waals surface area contributed by atoms with Crippen LogP contribution < -0.4 is 10.9 Å². The summed E-state index contributed by atoms with van der Waals surface area (Å²) in [7, 11) is 0. The summed E-state index contributed by atoms with van der Waals surface area (Å²) in [6.45, 7) is 3.91. The van der Waals surface area contributed by atoms with Gasteiger partial charge in [0.2, 0.25) is 0 Å². The van der Waals surface area contributed by atoms with Crippen molar-refractivity contribution in [3.8, 4) is 0 Å². The fourth-order valence-electron chi connectivity index (χ4n) is 1.67. The average molecular weight is 277 g/mol. The molecule has 0 fully saturated rings. The third-order valence-corrected chi connectivity index (χ3v) is 3.25. The van der Waals surface area contributed by atoms with E-state index in [-0.39, 0.29) is 10.9 Å². The first kappa shape index (κ1) is 13.4. The molecule has 0 spiro atoms. The van der Waals surface area contributed by atoms with E-state index in [2.05, 4.69) is 10.3 Å². The van der Waals surface area contributed by atoms with Crippen LogP contribution in [-0.4, -0.2) is 10.9 Å². The Morgan fingerprint density at radius 3 is 2.74 bits per heavy atom. The summed E-state index contributed by atoms with van der Waals surface area (Å²) >= 11 is 5.69. The molecule has 4 nitrogen and oxygen atoms in total. The summed E-state index contributed by atoms with van der Waals surface area (Å²) in [5.74, 6) is -0.313. The predicted molar refractivity (Wildman–Crippen MR) is 75.9 cm³/mol. The van der Waals surface area contributed by atoms with Crippen LogP contribution in [0.2, 0.25) is 5.02 Å². The number of nitrogens with one attached hydrogen (secondary N) is 2. The van der Waals surface area contributed by atoms with E-state index in [4.69, 9.17) is 11.6 Å². The minimum atomic E-state index is -0.412. The average Bonchev–Trinajstić information content (AvgIpc) is 2.38. The SMILES string of the molecule is Cc1cccc(NC(=O)c2c[nH]c(=O)c(Cl)c2)c1C. The lowest BCUT2D eigenvalue weighted by Crippen LogP contribution is -2.16.